The van der Waals surface area contributed by atoms with E-state index in [0.717, 1.165) is 10.9 Å². The van der Waals surface area contributed by atoms with Crippen LogP contribution in [0.1, 0.15) is 6.42 Å². The molecule has 4 heteroatoms. The van der Waals surface area contributed by atoms with Crippen molar-refractivity contribution in [2.45, 2.75) is 13.0 Å². The highest BCUT2D eigenvalue weighted by Crippen LogP contribution is 2.24. The number of rotatable bonds is 3. The summed E-state index contributed by atoms with van der Waals surface area (Å²) in [7, 11) is 0. The molecule has 1 heterocycles. The van der Waals surface area contributed by atoms with E-state index in [0.29, 0.717) is 11.6 Å². The van der Waals surface area contributed by atoms with Gasteiger partial charge in [-0.05, 0) is 18.2 Å². The molecule has 15 heavy (non-hydrogen) atoms. The Morgan fingerprint density at radius 2 is 2.20 bits per heavy atom. The first-order chi connectivity index (χ1) is 7.18. The van der Waals surface area contributed by atoms with E-state index in [1.165, 1.54) is 0 Å². The zero-order valence-corrected chi connectivity index (χ0v) is 8.74. The van der Waals surface area contributed by atoms with Crippen molar-refractivity contribution < 1.29 is 9.90 Å². The van der Waals surface area contributed by atoms with Crippen LogP contribution in [0.2, 0.25) is 5.02 Å². The van der Waals surface area contributed by atoms with Crippen LogP contribution in [0, 0.1) is 0 Å². The van der Waals surface area contributed by atoms with Crippen LogP contribution in [0.5, 0.6) is 0 Å². The second kappa shape index (κ2) is 3.95. The van der Waals surface area contributed by atoms with Gasteiger partial charge in [-0.3, -0.25) is 4.79 Å². The van der Waals surface area contributed by atoms with E-state index in [2.05, 4.69) is 0 Å². The van der Waals surface area contributed by atoms with Crippen LogP contribution in [-0.4, -0.2) is 15.6 Å². The predicted molar refractivity (Wildman–Crippen MR) is 59.2 cm³/mol. The zero-order valence-electron chi connectivity index (χ0n) is 7.98. The number of carboxylic acids is 1. The number of aliphatic carboxylic acids is 1. The zero-order chi connectivity index (χ0) is 10.8. The average Bonchev–Trinajstić information content (AvgIpc) is 2.59. The Morgan fingerprint density at radius 3 is 2.93 bits per heavy atom. The highest BCUT2D eigenvalue weighted by molar-refractivity contribution is 6.35. The number of hydrogen-bond acceptors (Lipinski definition) is 1. The van der Waals surface area contributed by atoms with Crippen molar-refractivity contribution in [2.75, 3.05) is 0 Å². The Labute approximate surface area is 91.9 Å². The molecule has 0 aliphatic carbocycles. The van der Waals surface area contributed by atoms with E-state index in [-0.39, 0.29) is 6.42 Å². The van der Waals surface area contributed by atoms with Crippen LogP contribution in [0.15, 0.2) is 30.5 Å². The third kappa shape index (κ3) is 1.97. The first-order valence-corrected chi connectivity index (χ1v) is 5.01. The molecule has 0 bridgehead atoms. The minimum absolute atomic E-state index is 0.121. The molecule has 0 radical (unpaired) electrons. The maximum Gasteiger partial charge on any atom is 0.305 e. The lowest BCUT2D eigenvalue weighted by Crippen LogP contribution is -2.03. The molecule has 0 atom stereocenters. The average molecular weight is 224 g/mol. The van der Waals surface area contributed by atoms with Gasteiger partial charge in [0.1, 0.15) is 0 Å². The SMILES string of the molecule is O=C(O)CCn1ccc2c(Cl)cccc21. The predicted octanol–water partition coefficient (Wildman–Crippen LogP) is 2.77. The van der Waals surface area contributed by atoms with E-state index >= 15 is 0 Å². The molecule has 0 fully saturated rings. The molecule has 78 valence electrons. The molecule has 0 unspecified atom stereocenters. The van der Waals surface area contributed by atoms with Gasteiger partial charge in [-0.2, -0.15) is 0 Å². The lowest BCUT2D eigenvalue weighted by molar-refractivity contribution is -0.137. The van der Waals surface area contributed by atoms with Gasteiger partial charge in [-0.1, -0.05) is 17.7 Å². The molecule has 1 aromatic heterocycles. The molecule has 0 aliphatic rings. The van der Waals surface area contributed by atoms with Crippen molar-refractivity contribution in [2.24, 2.45) is 0 Å². The van der Waals surface area contributed by atoms with Crippen LogP contribution in [-0.2, 0) is 11.3 Å². The van der Waals surface area contributed by atoms with Gasteiger partial charge < -0.3 is 9.67 Å². The normalized spacial score (nSPS) is 10.7. The van der Waals surface area contributed by atoms with Crippen molar-refractivity contribution >= 4 is 28.5 Å². The van der Waals surface area contributed by atoms with Gasteiger partial charge in [-0.25, -0.2) is 0 Å². The Morgan fingerprint density at radius 1 is 1.40 bits per heavy atom. The van der Waals surface area contributed by atoms with Crippen molar-refractivity contribution in [3.8, 4) is 0 Å². The number of hydrogen-bond donors (Lipinski definition) is 1. The fraction of sp³-hybridized carbons (Fsp3) is 0.182. The Kier molecular flexibility index (Phi) is 2.64. The van der Waals surface area contributed by atoms with Gasteiger partial charge >= 0.3 is 5.97 Å². The van der Waals surface area contributed by atoms with E-state index < -0.39 is 5.97 Å². The number of aryl methyl sites for hydroxylation is 1. The van der Waals surface area contributed by atoms with E-state index in [9.17, 15) is 4.79 Å². The van der Waals surface area contributed by atoms with Crippen LogP contribution in [0.4, 0.5) is 0 Å². The topological polar surface area (TPSA) is 42.2 Å². The van der Waals surface area contributed by atoms with Gasteiger partial charge in [0.15, 0.2) is 0 Å². The smallest absolute Gasteiger partial charge is 0.305 e. The summed E-state index contributed by atoms with van der Waals surface area (Å²) in [6.45, 7) is 0.471. The largest absolute Gasteiger partial charge is 0.481 e. The van der Waals surface area contributed by atoms with Gasteiger partial charge in [-0.15, -0.1) is 0 Å². The highest BCUT2D eigenvalue weighted by Gasteiger charge is 2.04. The van der Waals surface area contributed by atoms with Crippen LogP contribution in [0.25, 0.3) is 10.9 Å². The maximum absolute atomic E-state index is 10.5. The monoisotopic (exact) mass is 223 g/mol. The summed E-state index contributed by atoms with van der Waals surface area (Å²) in [5, 5.41) is 10.3. The molecule has 0 saturated heterocycles. The van der Waals surface area contributed by atoms with Crippen LogP contribution in [0.3, 0.4) is 0 Å². The summed E-state index contributed by atoms with van der Waals surface area (Å²) in [4.78, 5) is 10.5. The Balaban J connectivity index is 2.37. The van der Waals surface area contributed by atoms with E-state index in [1.807, 2.05) is 35.0 Å². The minimum Gasteiger partial charge on any atom is -0.481 e. The summed E-state index contributed by atoms with van der Waals surface area (Å²) in [5.74, 6) is -0.793. The Hall–Kier alpha value is -1.48. The number of aromatic nitrogens is 1. The maximum atomic E-state index is 10.5. The third-order valence-corrected chi connectivity index (χ3v) is 2.66. The number of nitrogens with zero attached hydrogens (tertiary/aromatic N) is 1. The quantitative estimate of drug-likeness (QED) is 0.870. The van der Waals surface area contributed by atoms with Crippen molar-refractivity contribution in [1.29, 1.82) is 0 Å². The molecule has 1 aromatic carbocycles. The number of carbonyl (C=O) groups is 1. The Bertz CT molecular complexity index is 504. The second-order valence-corrected chi connectivity index (χ2v) is 3.73. The third-order valence-electron chi connectivity index (χ3n) is 2.33. The molecular formula is C11H10ClNO2. The van der Waals surface area contributed by atoms with Crippen LogP contribution < -0.4 is 0 Å². The van der Waals surface area contributed by atoms with E-state index in [4.69, 9.17) is 16.7 Å². The molecule has 0 saturated carbocycles. The van der Waals surface area contributed by atoms with Gasteiger partial charge in [0, 0.05) is 28.7 Å². The molecule has 0 amide bonds. The first kappa shape index (κ1) is 10.1. The van der Waals surface area contributed by atoms with Crippen molar-refractivity contribution in [3.05, 3.63) is 35.5 Å². The summed E-state index contributed by atoms with van der Waals surface area (Å²) >= 11 is 6.00. The van der Waals surface area contributed by atoms with Gasteiger partial charge in [0.2, 0.25) is 0 Å². The molecule has 3 nitrogen and oxygen atoms in total. The summed E-state index contributed by atoms with van der Waals surface area (Å²) < 4.78 is 1.90. The molecule has 1 N–H and O–H groups in total. The molecule has 2 rings (SSSR count). The molecular weight excluding hydrogens is 214 g/mol. The standard InChI is InChI=1S/C11H10ClNO2/c12-9-2-1-3-10-8(9)4-6-13(10)7-5-11(14)15/h1-4,6H,5,7H2,(H,14,15). The summed E-state index contributed by atoms with van der Waals surface area (Å²) in [6.07, 6.45) is 1.98. The fourth-order valence-electron chi connectivity index (χ4n) is 1.60. The minimum atomic E-state index is -0.793. The lowest BCUT2D eigenvalue weighted by atomic mass is 10.2. The van der Waals surface area contributed by atoms with Gasteiger partial charge in [0.05, 0.1) is 6.42 Å². The number of benzene rings is 1. The van der Waals surface area contributed by atoms with Crippen molar-refractivity contribution in [3.63, 3.8) is 0 Å². The lowest BCUT2D eigenvalue weighted by Gasteiger charge is -2.02. The highest BCUT2D eigenvalue weighted by atomic mass is 35.5. The van der Waals surface area contributed by atoms with Crippen LogP contribution >= 0.6 is 11.6 Å². The molecule has 0 spiro atoms. The fourth-order valence-corrected chi connectivity index (χ4v) is 1.83. The molecule has 2 aromatic rings. The first-order valence-electron chi connectivity index (χ1n) is 4.63. The summed E-state index contributed by atoms with van der Waals surface area (Å²) in [6, 6.07) is 7.52. The number of fused-ring (bicyclic) bond motifs is 1. The number of carboxylic acid groups (broad SMARTS) is 1. The second-order valence-electron chi connectivity index (χ2n) is 3.33. The van der Waals surface area contributed by atoms with Crippen molar-refractivity contribution in [1.82, 2.24) is 4.57 Å². The number of halogens is 1. The van der Waals surface area contributed by atoms with E-state index in [1.54, 1.807) is 0 Å². The molecule has 0 aliphatic heterocycles. The summed E-state index contributed by atoms with van der Waals surface area (Å²) in [5.41, 5.74) is 0.976. The van der Waals surface area contributed by atoms with Gasteiger partial charge in [0.25, 0.3) is 0 Å².